The van der Waals surface area contributed by atoms with Gasteiger partial charge in [0.15, 0.2) is 0 Å². The summed E-state index contributed by atoms with van der Waals surface area (Å²) in [5.74, 6) is -1.61. The summed E-state index contributed by atoms with van der Waals surface area (Å²) in [6, 6.07) is 4.86. The molecule has 1 aromatic heterocycles. The van der Waals surface area contributed by atoms with Gasteiger partial charge in [-0.1, -0.05) is 39.0 Å². The van der Waals surface area contributed by atoms with Gasteiger partial charge in [-0.25, -0.2) is 4.98 Å². The van der Waals surface area contributed by atoms with E-state index in [0.717, 1.165) is 18.8 Å². The molecule has 1 heterocycles. The van der Waals surface area contributed by atoms with Crippen LogP contribution in [0.2, 0.25) is 0 Å². The molecule has 1 saturated carbocycles. The number of fused-ring (bicyclic) bond motifs is 1. The molecule has 0 saturated heterocycles. The van der Waals surface area contributed by atoms with Crippen LogP contribution in [0.25, 0.3) is 11.0 Å². The Morgan fingerprint density at radius 1 is 1.19 bits per heavy atom. The monoisotopic (exact) mass is 365 g/mol. The molecule has 1 aliphatic carbocycles. The molecule has 2 atom stereocenters. The number of rotatable bonds is 7. The van der Waals surface area contributed by atoms with Crippen LogP contribution in [0.3, 0.4) is 0 Å². The fraction of sp³-hybridized carbons (Fsp3) is 0.600. The lowest BCUT2D eigenvalue weighted by Crippen LogP contribution is -2.16. The molecule has 0 radical (unpaired) electrons. The van der Waals surface area contributed by atoms with Gasteiger partial charge in [-0.15, -0.1) is 0 Å². The van der Waals surface area contributed by atoms with E-state index in [1.54, 1.807) is 18.2 Å². The molecule has 1 aliphatic rings. The molecule has 0 bridgehead atoms. The lowest BCUT2D eigenvalue weighted by Gasteiger charge is -2.17. The van der Waals surface area contributed by atoms with Gasteiger partial charge in [0, 0.05) is 12.5 Å². The molecule has 6 heteroatoms. The maximum Gasteiger partial charge on any atom is 0.386 e. The van der Waals surface area contributed by atoms with E-state index in [2.05, 4.69) is 16.9 Å². The number of hydrogen-bond donors (Lipinski definition) is 0. The number of halogens is 2. The van der Waals surface area contributed by atoms with Crippen LogP contribution in [0, 0.1) is 11.8 Å². The van der Waals surface area contributed by atoms with Crippen molar-refractivity contribution < 1.29 is 18.6 Å². The van der Waals surface area contributed by atoms with Crippen LogP contribution in [0.15, 0.2) is 18.2 Å². The number of unbranched alkanes of at least 4 members (excludes halogenated alkanes) is 1. The topological polar surface area (TPSA) is 57.9 Å². The molecule has 3 rings (SSSR count). The molecule has 0 aliphatic heterocycles. The van der Waals surface area contributed by atoms with Crippen molar-refractivity contribution in [3.63, 3.8) is 0 Å². The van der Waals surface area contributed by atoms with Crippen molar-refractivity contribution in [2.45, 2.75) is 57.8 Å². The first-order chi connectivity index (χ1) is 12.4. The average Bonchev–Trinajstić information content (AvgIpc) is 3.02. The second-order valence-corrected chi connectivity index (χ2v) is 7.39. The van der Waals surface area contributed by atoms with E-state index in [1.165, 1.54) is 26.4 Å². The van der Waals surface area contributed by atoms with E-state index in [4.69, 9.17) is 9.84 Å². The van der Waals surface area contributed by atoms with E-state index in [9.17, 15) is 8.78 Å². The molecular weight excluding hydrogens is 338 g/mol. The Bertz CT molecular complexity index is 767. The molecule has 2 aromatic rings. The van der Waals surface area contributed by atoms with Crippen LogP contribution >= 0.6 is 0 Å². The predicted octanol–water partition coefficient (Wildman–Crippen LogP) is 5.16. The molecule has 0 amide bonds. The number of benzene rings is 1. The van der Waals surface area contributed by atoms with Crippen molar-refractivity contribution in [2.75, 3.05) is 7.11 Å². The van der Waals surface area contributed by atoms with Gasteiger partial charge in [-0.05, 0) is 30.4 Å². The van der Waals surface area contributed by atoms with Gasteiger partial charge in [0.1, 0.15) is 11.3 Å². The van der Waals surface area contributed by atoms with Crippen LogP contribution in [0.4, 0.5) is 8.78 Å². The average molecular weight is 365 g/mol. The van der Waals surface area contributed by atoms with Gasteiger partial charge in [-0.3, -0.25) is 0 Å². The van der Waals surface area contributed by atoms with Crippen molar-refractivity contribution in [3.8, 4) is 11.6 Å². The summed E-state index contributed by atoms with van der Waals surface area (Å²) in [6.45, 7) is 2.26. The van der Waals surface area contributed by atoms with Crippen LogP contribution in [-0.2, 0) is 5.92 Å². The molecule has 1 aromatic carbocycles. The first kappa shape index (κ1) is 18.8. The minimum Gasteiger partial charge on any atom is -0.577 e. The third-order valence-corrected chi connectivity index (χ3v) is 5.57. The fourth-order valence-corrected chi connectivity index (χ4v) is 3.94. The molecule has 1 fully saturated rings. The minimum absolute atomic E-state index is 0.281. The van der Waals surface area contributed by atoms with Gasteiger partial charge in [-0.2, -0.15) is 13.8 Å². The first-order valence-electron chi connectivity index (χ1n) is 9.36. The normalized spacial score (nSPS) is 20.6. The third kappa shape index (κ3) is 4.05. The number of hydrogen-bond acceptors (Lipinski definition) is 3. The second kappa shape index (κ2) is 7.72. The Morgan fingerprint density at radius 3 is 2.69 bits per heavy atom. The molecule has 142 valence electrons. The van der Waals surface area contributed by atoms with Gasteiger partial charge >= 0.3 is 11.8 Å². The second-order valence-electron chi connectivity index (χ2n) is 7.39. The summed E-state index contributed by atoms with van der Waals surface area (Å²) >= 11 is 0. The molecule has 4 nitrogen and oxygen atoms in total. The summed E-state index contributed by atoms with van der Waals surface area (Å²) < 4.78 is 34.3. The van der Waals surface area contributed by atoms with Crippen LogP contribution in [0.1, 0.15) is 57.6 Å². The smallest absolute Gasteiger partial charge is 0.386 e. The predicted molar refractivity (Wildman–Crippen MR) is 98.0 cm³/mol. The Labute approximate surface area is 152 Å². The summed E-state index contributed by atoms with van der Waals surface area (Å²) in [5.41, 5.74) is 0.227. The Balaban J connectivity index is 1.66. The Hall–Kier alpha value is -1.98. The molecule has 26 heavy (non-hydrogen) atoms. The number of aromatic nitrogens is 2. The number of alkyl halides is 2. The van der Waals surface area contributed by atoms with Crippen LogP contribution in [0.5, 0.6) is 11.6 Å². The lowest BCUT2D eigenvalue weighted by molar-refractivity contribution is -0.0227. The van der Waals surface area contributed by atoms with Crippen molar-refractivity contribution >= 4 is 11.0 Å². The third-order valence-electron chi connectivity index (χ3n) is 5.57. The Morgan fingerprint density at radius 2 is 2.00 bits per heavy atom. The highest BCUT2D eigenvalue weighted by atomic mass is 19.3. The Kier molecular flexibility index (Phi) is 5.58. The van der Waals surface area contributed by atoms with Crippen molar-refractivity contribution in [2.24, 2.45) is 11.8 Å². The van der Waals surface area contributed by atoms with E-state index < -0.39 is 17.5 Å². The number of ether oxygens (including phenoxy) is 1. The number of methoxy groups -OCH3 is 1. The maximum absolute atomic E-state index is 14.6. The van der Waals surface area contributed by atoms with E-state index in [-0.39, 0.29) is 6.42 Å². The van der Waals surface area contributed by atoms with E-state index >= 15 is 0 Å². The highest BCUT2D eigenvalue weighted by Gasteiger charge is 2.39. The molecule has 1 unspecified atom stereocenters. The zero-order valence-corrected chi connectivity index (χ0v) is 15.4. The number of nitrogens with zero attached hydrogens (tertiary/aromatic N) is 2. The van der Waals surface area contributed by atoms with E-state index in [1.807, 2.05) is 0 Å². The summed E-state index contributed by atoms with van der Waals surface area (Å²) in [7, 11) is 1.52. The van der Waals surface area contributed by atoms with Gasteiger partial charge in [0.2, 0.25) is 5.69 Å². The zero-order chi connectivity index (χ0) is 18.7. The van der Waals surface area contributed by atoms with Crippen molar-refractivity contribution in [3.05, 3.63) is 23.9 Å². The summed E-state index contributed by atoms with van der Waals surface area (Å²) in [5, 5.41) is 7.88. The highest BCUT2D eigenvalue weighted by molar-refractivity contribution is 5.76. The van der Waals surface area contributed by atoms with Gasteiger partial charge in [0.05, 0.1) is 12.6 Å². The maximum atomic E-state index is 14.6. The molecular formula is C20H27F2N2O2+. The fourth-order valence-electron chi connectivity index (χ4n) is 3.94. The first-order valence-corrected chi connectivity index (χ1v) is 9.36. The van der Waals surface area contributed by atoms with Crippen LogP contribution in [-0.4, -0.2) is 22.2 Å². The molecule has 0 spiro atoms. The van der Waals surface area contributed by atoms with Crippen LogP contribution < -0.4 is 4.74 Å². The zero-order valence-electron chi connectivity index (χ0n) is 15.4. The minimum atomic E-state index is -3.13. The van der Waals surface area contributed by atoms with Crippen molar-refractivity contribution in [1.29, 1.82) is 0 Å². The van der Waals surface area contributed by atoms with Crippen molar-refractivity contribution in [1.82, 2.24) is 9.97 Å². The van der Waals surface area contributed by atoms with Gasteiger partial charge < -0.3 is 9.84 Å². The highest BCUT2D eigenvalue weighted by Crippen LogP contribution is 2.39. The standard InChI is InChI=1S/C20H26F2N2O2/c1-13-6-5-8-14(13)7-3-4-11-20(21,22)18-19(25)24-17-12-15(26-2)9-10-16(17)23-18/h9-10,12-14H,3-8,11H2,1-2H3,(H,24,25)/p+1/t13?,14-/m1/s1. The van der Waals surface area contributed by atoms with E-state index in [0.29, 0.717) is 29.1 Å². The SMILES string of the molecule is COc1ccc2nc(C(F)(F)CCCC[C@@H]3CCCC3C)c([OH2+])nc2c1. The van der Waals surface area contributed by atoms with Gasteiger partial charge in [0.25, 0.3) is 0 Å². The lowest BCUT2D eigenvalue weighted by atomic mass is 9.92. The summed E-state index contributed by atoms with van der Waals surface area (Å²) in [6.07, 6.45) is 5.74. The molecule has 2 N–H and O–H groups in total. The summed E-state index contributed by atoms with van der Waals surface area (Å²) in [4.78, 5) is 8.03. The quantitative estimate of drug-likeness (QED) is 0.503. The largest absolute Gasteiger partial charge is 0.577 e.